The Hall–Kier alpha value is -1.01. The molecule has 1 atom stereocenters. The Balaban J connectivity index is 2.25. The molecule has 2 rings (SSSR count). The molecule has 1 unspecified atom stereocenters. The second kappa shape index (κ2) is 5.10. The molecule has 0 radical (unpaired) electrons. The van der Waals surface area contributed by atoms with E-state index in [-0.39, 0.29) is 0 Å². The van der Waals surface area contributed by atoms with E-state index < -0.39 is 0 Å². The summed E-state index contributed by atoms with van der Waals surface area (Å²) in [6.45, 7) is 5.46. The van der Waals surface area contributed by atoms with Gasteiger partial charge in [0.1, 0.15) is 0 Å². The van der Waals surface area contributed by atoms with Crippen molar-refractivity contribution in [3.05, 3.63) is 0 Å². The highest BCUT2D eigenvalue weighted by molar-refractivity contribution is 7.11. The summed E-state index contributed by atoms with van der Waals surface area (Å²) in [6, 6.07) is 0.455. The first kappa shape index (κ1) is 12.4. The van der Waals surface area contributed by atoms with Crippen LogP contribution in [0.5, 0.6) is 5.75 Å². The van der Waals surface area contributed by atoms with Gasteiger partial charge < -0.3 is 20.3 Å². The monoisotopic (exact) mass is 256 g/mol. The summed E-state index contributed by atoms with van der Waals surface area (Å²) in [5.74, 6) is 1.23. The third kappa shape index (κ3) is 2.47. The summed E-state index contributed by atoms with van der Waals surface area (Å²) in [4.78, 5) is 4.72. The lowest BCUT2D eigenvalue weighted by atomic mass is 10.3. The van der Waals surface area contributed by atoms with Gasteiger partial charge in [0.05, 0.1) is 7.11 Å². The highest BCUT2D eigenvalue weighted by Crippen LogP contribution is 2.39. The van der Waals surface area contributed by atoms with Crippen LogP contribution in [0.3, 0.4) is 0 Å². The maximum Gasteiger partial charge on any atom is 0.197 e. The lowest BCUT2D eigenvalue weighted by molar-refractivity contribution is 0.337. The van der Waals surface area contributed by atoms with Gasteiger partial charge in [-0.3, -0.25) is 0 Å². The number of hydrogen-bond acceptors (Lipinski definition) is 6. The van der Waals surface area contributed by atoms with E-state index in [1.807, 2.05) is 0 Å². The molecule has 0 spiro atoms. The smallest absolute Gasteiger partial charge is 0.197 e. The SMILES string of the molecule is COc1c(N)nsc1N1CCCN(C)CC1C. The average Bonchev–Trinajstić information content (AvgIpc) is 2.56. The first-order valence-electron chi connectivity index (χ1n) is 5.87. The number of nitrogens with zero attached hydrogens (tertiary/aromatic N) is 3. The van der Waals surface area contributed by atoms with Crippen LogP contribution >= 0.6 is 11.5 Å². The molecule has 1 aliphatic heterocycles. The molecule has 17 heavy (non-hydrogen) atoms. The third-order valence-corrected chi connectivity index (χ3v) is 4.05. The topological polar surface area (TPSA) is 54.6 Å². The molecule has 5 nitrogen and oxygen atoms in total. The number of methoxy groups -OCH3 is 1. The highest BCUT2D eigenvalue weighted by atomic mass is 32.1. The fourth-order valence-corrected chi connectivity index (χ4v) is 3.25. The molecule has 1 aliphatic rings. The van der Waals surface area contributed by atoms with E-state index in [1.165, 1.54) is 11.5 Å². The Kier molecular flexibility index (Phi) is 3.73. The fourth-order valence-electron chi connectivity index (χ4n) is 2.33. The van der Waals surface area contributed by atoms with Crippen LogP contribution < -0.4 is 15.4 Å². The van der Waals surface area contributed by atoms with Gasteiger partial charge >= 0.3 is 0 Å². The first-order valence-corrected chi connectivity index (χ1v) is 6.65. The second-order valence-corrected chi connectivity index (χ2v) is 5.32. The van der Waals surface area contributed by atoms with Crippen molar-refractivity contribution in [2.75, 3.05) is 44.4 Å². The van der Waals surface area contributed by atoms with E-state index in [4.69, 9.17) is 10.5 Å². The van der Waals surface area contributed by atoms with Crippen molar-refractivity contribution in [1.82, 2.24) is 9.27 Å². The molecule has 2 heterocycles. The quantitative estimate of drug-likeness (QED) is 0.863. The maximum atomic E-state index is 5.81. The molecule has 0 aromatic carbocycles. The van der Waals surface area contributed by atoms with Gasteiger partial charge in [-0.1, -0.05) is 0 Å². The van der Waals surface area contributed by atoms with E-state index >= 15 is 0 Å². The number of nitrogens with two attached hydrogens (primary N) is 1. The lowest BCUT2D eigenvalue weighted by Crippen LogP contribution is -2.37. The van der Waals surface area contributed by atoms with Crippen molar-refractivity contribution >= 4 is 22.4 Å². The van der Waals surface area contributed by atoms with Crippen LogP contribution in [0, 0.1) is 0 Å². The van der Waals surface area contributed by atoms with Crippen LogP contribution in [-0.2, 0) is 0 Å². The maximum absolute atomic E-state index is 5.81. The van der Waals surface area contributed by atoms with Crippen LogP contribution in [-0.4, -0.2) is 49.1 Å². The Morgan fingerprint density at radius 2 is 2.24 bits per heavy atom. The molecule has 1 aromatic heterocycles. The molecular formula is C11H20N4OS. The van der Waals surface area contributed by atoms with Gasteiger partial charge in [0, 0.05) is 19.1 Å². The minimum absolute atomic E-state index is 0.455. The van der Waals surface area contributed by atoms with Crippen molar-refractivity contribution in [1.29, 1.82) is 0 Å². The number of nitrogen functional groups attached to an aromatic ring is 1. The zero-order valence-corrected chi connectivity index (χ0v) is 11.5. The van der Waals surface area contributed by atoms with Crippen LogP contribution in [0.2, 0.25) is 0 Å². The van der Waals surface area contributed by atoms with E-state index in [1.54, 1.807) is 7.11 Å². The molecule has 0 amide bonds. The molecule has 1 saturated heterocycles. The summed E-state index contributed by atoms with van der Waals surface area (Å²) in [5, 5.41) is 1.06. The van der Waals surface area contributed by atoms with Crippen molar-refractivity contribution in [2.24, 2.45) is 0 Å². The molecule has 6 heteroatoms. The molecular weight excluding hydrogens is 236 g/mol. The summed E-state index contributed by atoms with van der Waals surface area (Å²) in [7, 11) is 3.82. The van der Waals surface area contributed by atoms with Crippen LogP contribution in [0.15, 0.2) is 0 Å². The minimum Gasteiger partial charge on any atom is -0.490 e. The van der Waals surface area contributed by atoms with E-state index in [9.17, 15) is 0 Å². The van der Waals surface area contributed by atoms with Gasteiger partial charge in [-0.15, -0.1) is 0 Å². The minimum atomic E-state index is 0.455. The Bertz CT molecular complexity index is 382. The van der Waals surface area contributed by atoms with Gasteiger partial charge in [0.2, 0.25) is 0 Å². The molecule has 0 bridgehead atoms. The second-order valence-electron chi connectivity index (χ2n) is 4.56. The van der Waals surface area contributed by atoms with Crippen molar-refractivity contribution in [3.8, 4) is 5.75 Å². The van der Waals surface area contributed by atoms with Gasteiger partial charge in [0.25, 0.3) is 0 Å². The molecule has 96 valence electrons. The Labute approximate surface area is 106 Å². The third-order valence-electron chi connectivity index (χ3n) is 3.17. The predicted molar refractivity (Wildman–Crippen MR) is 72.0 cm³/mol. The summed E-state index contributed by atoms with van der Waals surface area (Å²) >= 11 is 1.43. The number of likely N-dealkylation sites (N-methyl/N-ethyl adjacent to an activating group) is 1. The highest BCUT2D eigenvalue weighted by Gasteiger charge is 2.25. The number of anilines is 2. The molecule has 0 saturated carbocycles. The van der Waals surface area contributed by atoms with E-state index in [2.05, 4.69) is 28.1 Å². The molecule has 0 aliphatic carbocycles. The van der Waals surface area contributed by atoms with Gasteiger partial charge in [-0.2, -0.15) is 4.37 Å². The summed E-state index contributed by atoms with van der Waals surface area (Å²) in [6.07, 6.45) is 1.15. The molecule has 2 N–H and O–H groups in total. The van der Waals surface area contributed by atoms with E-state index in [0.29, 0.717) is 11.9 Å². The molecule has 1 fully saturated rings. The van der Waals surface area contributed by atoms with Gasteiger partial charge in [0.15, 0.2) is 16.6 Å². The number of ether oxygens (including phenoxy) is 1. The predicted octanol–water partition coefficient (Wildman–Crippen LogP) is 1.26. The fraction of sp³-hybridized carbons (Fsp3) is 0.727. The summed E-state index contributed by atoms with van der Waals surface area (Å²) in [5.41, 5.74) is 5.81. The standard InChI is InChI=1S/C11H20N4OS/c1-8-7-14(2)5-4-6-15(8)11-9(16-3)10(12)13-17-11/h8H,4-7H2,1-3H3,(H2,12,13). The number of aromatic nitrogens is 1. The zero-order valence-electron chi connectivity index (χ0n) is 10.6. The number of hydrogen-bond donors (Lipinski definition) is 1. The average molecular weight is 256 g/mol. The van der Waals surface area contributed by atoms with Crippen LogP contribution in [0.4, 0.5) is 10.8 Å². The van der Waals surface area contributed by atoms with Gasteiger partial charge in [-0.25, -0.2) is 0 Å². The number of rotatable bonds is 2. The largest absolute Gasteiger partial charge is 0.490 e. The molecule has 1 aromatic rings. The zero-order chi connectivity index (χ0) is 12.4. The van der Waals surface area contributed by atoms with E-state index in [0.717, 1.165) is 36.8 Å². The van der Waals surface area contributed by atoms with Crippen LogP contribution in [0.25, 0.3) is 0 Å². The normalized spacial score (nSPS) is 22.5. The van der Waals surface area contributed by atoms with Crippen molar-refractivity contribution < 1.29 is 4.74 Å². The van der Waals surface area contributed by atoms with Gasteiger partial charge in [-0.05, 0) is 38.5 Å². The lowest BCUT2D eigenvalue weighted by Gasteiger charge is -2.28. The first-order chi connectivity index (χ1) is 8.13. The van der Waals surface area contributed by atoms with Crippen molar-refractivity contribution in [3.63, 3.8) is 0 Å². The Morgan fingerprint density at radius 3 is 2.94 bits per heavy atom. The summed E-state index contributed by atoms with van der Waals surface area (Å²) < 4.78 is 9.54. The van der Waals surface area contributed by atoms with Crippen LogP contribution in [0.1, 0.15) is 13.3 Å². The Morgan fingerprint density at radius 1 is 1.47 bits per heavy atom. The van der Waals surface area contributed by atoms with Crippen molar-refractivity contribution in [2.45, 2.75) is 19.4 Å².